The van der Waals surface area contributed by atoms with Crippen LogP contribution >= 0.6 is 15.9 Å². The smallest absolute Gasteiger partial charge is 0.220 e. The Morgan fingerprint density at radius 2 is 1.52 bits per heavy atom. The Morgan fingerprint density at radius 3 is 2.39 bits per heavy atom. The highest BCUT2D eigenvalue weighted by molar-refractivity contribution is 9.10. The van der Waals surface area contributed by atoms with Crippen LogP contribution in [0.3, 0.4) is 0 Å². The molecule has 0 unspecified atom stereocenters. The highest BCUT2D eigenvalue weighted by atomic mass is 79.9. The maximum absolute atomic E-state index is 4.87. The number of halogens is 1. The number of benzene rings is 3. The quantitative estimate of drug-likeness (QED) is 0.402. The largest absolute Gasteiger partial charge is 0.278 e. The summed E-state index contributed by atoms with van der Waals surface area (Å²) >= 11 is 3.59. The minimum atomic E-state index is 0.936. The summed E-state index contributed by atoms with van der Waals surface area (Å²) in [7, 11) is 0. The van der Waals surface area contributed by atoms with Crippen molar-refractivity contribution < 1.29 is 0 Å². The molecule has 0 aliphatic carbocycles. The molecule has 0 saturated carbocycles. The van der Waals surface area contributed by atoms with Crippen molar-refractivity contribution in [2.75, 3.05) is 0 Å². The van der Waals surface area contributed by atoms with Gasteiger partial charge in [-0.1, -0.05) is 46.3 Å². The van der Waals surface area contributed by atoms with E-state index in [1.54, 1.807) is 0 Å². The monoisotopic (exact) mass is 361 g/mol. The summed E-state index contributed by atoms with van der Waals surface area (Å²) in [6.07, 6.45) is 0. The van der Waals surface area contributed by atoms with Crippen molar-refractivity contribution in [3.63, 3.8) is 0 Å². The fourth-order valence-electron chi connectivity index (χ4n) is 3.20. The summed E-state index contributed by atoms with van der Waals surface area (Å²) < 4.78 is 5.50. The predicted molar refractivity (Wildman–Crippen MR) is 97.2 cm³/mol. The van der Waals surface area contributed by atoms with Gasteiger partial charge in [0.1, 0.15) is 0 Å². The minimum Gasteiger partial charge on any atom is -0.278 e. The van der Waals surface area contributed by atoms with Crippen LogP contribution in [0, 0.1) is 0 Å². The van der Waals surface area contributed by atoms with Gasteiger partial charge >= 0.3 is 0 Å². The van der Waals surface area contributed by atoms with Crippen LogP contribution in [0.4, 0.5) is 0 Å². The van der Waals surface area contributed by atoms with Gasteiger partial charge in [0.15, 0.2) is 0 Å². The van der Waals surface area contributed by atoms with E-state index in [1.165, 1.54) is 0 Å². The van der Waals surface area contributed by atoms with Crippen LogP contribution in [0.1, 0.15) is 0 Å². The Bertz CT molecular complexity index is 1170. The van der Waals surface area contributed by atoms with Crippen molar-refractivity contribution in [1.29, 1.82) is 0 Å². The van der Waals surface area contributed by atoms with Crippen LogP contribution in [0.5, 0.6) is 0 Å². The van der Waals surface area contributed by atoms with E-state index in [2.05, 4.69) is 85.6 Å². The van der Waals surface area contributed by atoms with Gasteiger partial charge in [0, 0.05) is 10.2 Å². The zero-order valence-corrected chi connectivity index (χ0v) is 13.7. The molecule has 0 fully saturated rings. The van der Waals surface area contributed by atoms with Crippen molar-refractivity contribution >= 4 is 43.8 Å². The van der Waals surface area contributed by atoms with Crippen LogP contribution < -0.4 is 0 Å². The van der Waals surface area contributed by atoms with Gasteiger partial charge in [-0.3, -0.25) is 8.97 Å². The topological polar surface area (TPSA) is 22.2 Å². The van der Waals surface area contributed by atoms with E-state index in [0.717, 1.165) is 38.0 Å². The minimum absolute atomic E-state index is 0.936. The van der Waals surface area contributed by atoms with Crippen LogP contribution in [0.25, 0.3) is 33.5 Å². The first-order valence-corrected chi connectivity index (χ1v) is 8.25. The molecule has 5 aromatic rings. The molecule has 3 aromatic carbocycles. The predicted octanol–water partition coefficient (Wildman–Crippen LogP) is 5.19. The zero-order chi connectivity index (χ0) is 15.4. The molecule has 23 heavy (non-hydrogen) atoms. The molecule has 0 saturated heterocycles. The standard InChI is InChI=1S/C19H12BrN3/c20-13-10-11-17-18(12-13)23-16-9-5-4-8-15(16)21-19(23)22(17)14-6-2-1-3-7-14/h1-12H. The van der Waals surface area contributed by atoms with Crippen molar-refractivity contribution in [3.05, 3.63) is 77.3 Å². The SMILES string of the molecule is Brc1ccc2c(c1)n1c3ccccc3nc1n2-c1ccccc1. The number of rotatable bonds is 1. The Hall–Kier alpha value is -2.59. The van der Waals surface area contributed by atoms with Gasteiger partial charge in [0.25, 0.3) is 0 Å². The maximum atomic E-state index is 4.87. The van der Waals surface area contributed by atoms with Gasteiger partial charge in [0.05, 0.1) is 22.1 Å². The van der Waals surface area contributed by atoms with Crippen LogP contribution in [0.15, 0.2) is 77.3 Å². The van der Waals surface area contributed by atoms with Crippen molar-refractivity contribution in [2.45, 2.75) is 0 Å². The molecule has 0 amide bonds. The van der Waals surface area contributed by atoms with E-state index in [4.69, 9.17) is 4.98 Å². The average Bonchev–Trinajstić information content (AvgIpc) is 3.10. The molecule has 0 aliphatic rings. The summed E-state index contributed by atoms with van der Waals surface area (Å²) in [5.74, 6) is 0.936. The highest BCUT2D eigenvalue weighted by Crippen LogP contribution is 2.30. The third-order valence-electron chi connectivity index (χ3n) is 4.18. The number of imidazole rings is 2. The molecule has 0 aliphatic heterocycles. The van der Waals surface area contributed by atoms with Crippen molar-refractivity contribution in [1.82, 2.24) is 14.0 Å². The molecular formula is C19H12BrN3. The van der Waals surface area contributed by atoms with E-state index in [-0.39, 0.29) is 0 Å². The first-order valence-electron chi connectivity index (χ1n) is 7.45. The second-order valence-corrected chi connectivity index (χ2v) is 6.46. The molecule has 2 heterocycles. The number of hydrogen-bond acceptors (Lipinski definition) is 1. The lowest BCUT2D eigenvalue weighted by Crippen LogP contribution is -1.94. The highest BCUT2D eigenvalue weighted by Gasteiger charge is 2.16. The molecule has 0 spiro atoms. The number of fused-ring (bicyclic) bond motifs is 5. The Kier molecular flexibility index (Phi) is 2.64. The van der Waals surface area contributed by atoms with Crippen LogP contribution in [-0.4, -0.2) is 14.0 Å². The third kappa shape index (κ3) is 1.79. The van der Waals surface area contributed by atoms with E-state index < -0.39 is 0 Å². The van der Waals surface area contributed by atoms with Gasteiger partial charge in [0.2, 0.25) is 5.78 Å². The normalized spacial score (nSPS) is 11.7. The van der Waals surface area contributed by atoms with Gasteiger partial charge in [-0.05, 0) is 42.5 Å². The molecule has 4 heteroatoms. The molecular weight excluding hydrogens is 350 g/mol. The number of para-hydroxylation sites is 3. The van der Waals surface area contributed by atoms with Gasteiger partial charge < -0.3 is 0 Å². The second kappa shape index (κ2) is 4.70. The van der Waals surface area contributed by atoms with E-state index in [9.17, 15) is 0 Å². The molecule has 110 valence electrons. The van der Waals surface area contributed by atoms with Crippen molar-refractivity contribution in [3.8, 4) is 5.69 Å². The summed E-state index contributed by atoms with van der Waals surface area (Å²) in [5, 5.41) is 0. The zero-order valence-electron chi connectivity index (χ0n) is 12.1. The molecule has 5 rings (SSSR count). The second-order valence-electron chi connectivity index (χ2n) is 5.54. The molecule has 0 radical (unpaired) electrons. The molecule has 0 bridgehead atoms. The molecule has 0 atom stereocenters. The van der Waals surface area contributed by atoms with Crippen molar-refractivity contribution in [2.24, 2.45) is 0 Å². The van der Waals surface area contributed by atoms with Gasteiger partial charge in [-0.25, -0.2) is 4.98 Å². The van der Waals surface area contributed by atoms with Gasteiger partial charge in [-0.15, -0.1) is 0 Å². The van der Waals surface area contributed by atoms with Crippen LogP contribution in [0.2, 0.25) is 0 Å². The summed E-state index contributed by atoms with van der Waals surface area (Å²) in [6.45, 7) is 0. The first kappa shape index (κ1) is 12.9. The lowest BCUT2D eigenvalue weighted by atomic mass is 10.2. The fraction of sp³-hybridized carbons (Fsp3) is 0. The molecule has 3 nitrogen and oxygen atoms in total. The number of aromatic nitrogens is 3. The fourth-order valence-corrected chi connectivity index (χ4v) is 3.55. The summed E-state index contributed by atoms with van der Waals surface area (Å²) in [6, 6.07) is 25.0. The van der Waals surface area contributed by atoms with Crippen LogP contribution in [-0.2, 0) is 0 Å². The lowest BCUT2D eigenvalue weighted by molar-refractivity contribution is 1.11. The first-order chi connectivity index (χ1) is 11.3. The Balaban J connectivity index is 2.06. The van der Waals surface area contributed by atoms with Gasteiger partial charge in [-0.2, -0.15) is 0 Å². The van der Waals surface area contributed by atoms with E-state index in [1.807, 2.05) is 12.1 Å². The number of nitrogens with zero attached hydrogens (tertiary/aromatic N) is 3. The number of hydrogen-bond donors (Lipinski definition) is 0. The van der Waals surface area contributed by atoms with E-state index >= 15 is 0 Å². The maximum Gasteiger partial charge on any atom is 0.220 e. The average molecular weight is 362 g/mol. The Morgan fingerprint density at radius 1 is 0.739 bits per heavy atom. The summed E-state index contributed by atoms with van der Waals surface area (Å²) in [5.41, 5.74) is 5.54. The lowest BCUT2D eigenvalue weighted by Gasteiger charge is -2.04. The molecule has 0 N–H and O–H groups in total. The Labute approximate surface area is 140 Å². The summed E-state index contributed by atoms with van der Waals surface area (Å²) in [4.78, 5) is 4.87. The third-order valence-corrected chi connectivity index (χ3v) is 4.67. The van der Waals surface area contributed by atoms with E-state index in [0.29, 0.717) is 0 Å². The molecule has 2 aromatic heterocycles.